The first kappa shape index (κ1) is 14.7. The molecule has 0 unspecified atom stereocenters. The fraction of sp³-hybridized carbons (Fsp3) is 0.462. The van der Waals surface area contributed by atoms with Crippen molar-refractivity contribution in [2.24, 2.45) is 0 Å². The molecule has 4 nitrogen and oxygen atoms in total. The largest absolute Gasteiger partial charge is 0.496 e. The van der Waals surface area contributed by atoms with Gasteiger partial charge in [0.05, 0.1) is 31.3 Å². The molecule has 0 spiro atoms. The summed E-state index contributed by atoms with van der Waals surface area (Å²) < 4.78 is 10.7. The molecule has 5 heteroatoms. The molecule has 0 bridgehead atoms. The van der Waals surface area contributed by atoms with Crippen LogP contribution in [0.1, 0.15) is 6.92 Å². The SMILES string of the molecule is COc1cc(N(C)CC(C)=O)c(OC)cc1SC. The van der Waals surface area contributed by atoms with Gasteiger partial charge in [0.1, 0.15) is 17.3 Å². The summed E-state index contributed by atoms with van der Waals surface area (Å²) in [5.74, 6) is 1.63. The van der Waals surface area contributed by atoms with E-state index in [-0.39, 0.29) is 5.78 Å². The van der Waals surface area contributed by atoms with Crippen molar-refractivity contribution in [1.82, 2.24) is 0 Å². The number of hydrogen-bond acceptors (Lipinski definition) is 5. The van der Waals surface area contributed by atoms with E-state index >= 15 is 0 Å². The van der Waals surface area contributed by atoms with Gasteiger partial charge in [0, 0.05) is 13.1 Å². The third-order valence-electron chi connectivity index (χ3n) is 2.56. The minimum absolute atomic E-state index is 0.104. The average Bonchev–Trinajstić information content (AvgIpc) is 2.36. The molecule has 1 rings (SSSR count). The van der Waals surface area contributed by atoms with Gasteiger partial charge in [-0.3, -0.25) is 4.79 Å². The van der Waals surface area contributed by atoms with Crippen LogP contribution in [0.3, 0.4) is 0 Å². The van der Waals surface area contributed by atoms with Gasteiger partial charge in [-0.05, 0) is 19.2 Å². The fourth-order valence-electron chi connectivity index (χ4n) is 1.73. The predicted octanol–water partition coefficient (Wildman–Crippen LogP) is 2.45. The Morgan fingerprint density at radius 1 is 1.28 bits per heavy atom. The van der Waals surface area contributed by atoms with Crippen LogP contribution in [0.5, 0.6) is 11.5 Å². The average molecular weight is 269 g/mol. The van der Waals surface area contributed by atoms with Gasteiger partial charge in [0.2, 0.25) is 0 Å². The second kappa shape index (κ2) is 6.54. The van der Waals surface area contributed by atoms with Crippen molar-refractivity contribution in [1.29, 1.82) is 0 Å². The number of carbonyl (C=O) groups excluding carboxylic acids is 1. The molecule has 0 aliphatic heterocycles. The van der Waals surface area contributed by atoms with E-state index in [2.05, 4.69) is 0 Å². The highest BCUT2D eigenvalue weighted by Gasteiger charge is 2.14. The Bertz CT molecular complexity index is 434. The number of likely N-dealkylation sites (N-methyl/N-ethyl adjacent to an activating group) is 1. The lowest BCUT2D eigenvalue weighted by molar-refractivity contribution is -0.115. The third kappa shape index (κ3) is 3.32. The molecule has 18 heavy (non-hydrogen) atoms. The lowest BCUT2D eigenvalue weighted by Crippen LogP contribution is -2.24. The summed E-state index contributed by atoms with van der Waals surface area (Å²) in [5, 5.41) is 0. The van der Waals surface area contributed by atoms with Gasteiger partial charge >= 0.3 is 0 Å². The standard InChI is InChI=1S/C13H19NO3S/c1-9(15)8-14(2)10-6-12(17-4)13(18-5)7-11(10)16-3/h6-7H,8H2,1-5H3. The molecule has 0 fully saturated rings. The van der Waals surface area contributed by atoms with Crippen molar-refractivity contribution in [3.63, 3.8) is 0 Å². The molecule has 0 amide bonds. The number of rotatable bonds is 6. The first-order chi connectivity index (χ1) is 8.53. The molecule has 0 atom stereocenters. The summed E-state index contributed by atoms with van der Waals surface area (Å²) in [6, 6.07) is 3.82. The first-order valence-electron chi connectivity index (χ1n) is 5.54. The van der Waals surface area contributed by atoms with Gasteiger partial charge in [0.25, 0.3) is 0 Å². The summed E-state index contributed by atoms with van der Waals surface area (Å²) in [4.78, 5) is 14.1. The quantitative estimate of drug-likeness (QED) is 0.742. The molecular weight excluding hydrogens is 250 g/mol. The molecule has 0 N–H and O–H groups in total. The molecule has 0 radical (unpaired) electrons. The zero-order valence-corrected chi connectivity index (χ0v) is 12.3. The van der Waals surface area contributed by atoms with E-state index in [0.29, 0.717) is 6.54 Å². The molecule has 0 aromatic heterocycles. The number of ether oxygens (including phenoxy) is 2. The Labute approximate surface area is 112 Å². The van der Waals surface area contributed by atoms with Crippen LogP contribution >= 0.6 is 11.8 Å². The molecule has 0 aliphatic rings. The number of methoxy groups -OCH3 is 2. The number of ketones is 1. The minimum Gasteiger partial charge on any atom is -0.496 e. The van der Waals surface area contributed by atoms with Crippen LogP contribution in [-0.2, 0) is 4.79 Å². The van der Waals surface area contributed by atoms with E-state index in [9.17, 15) is 4.79 Å². The van der Waals surface area contributed by atoms with Gasteiger partial charge < -0.3 is 14.4 Å². The van der Waals surface area contributed by atoms with Crippen LogP contribution in [0.25, 0.3) is 0 Å². The van der Waals surface area contributed by atoms with E-state index in [0.717, 1.165) is 22.1 Å². The maximum Gasteiger partial charge on any atom is 0.149 e. The number of benzene rings is 1. The van der Waals surface area contributed by atoms with Crippen LogP contribution in [0.2, 0.25) is 0 Å². The third-order valence-corrected chi connectivity index (χ3v) is 3.31. The number of thioether (sulfide) groups is 1. The predicted molar refractivity (Wildman–Crippen MR) is 75.3 cm³/mol. The zero-order valence-electron chi connectivity index (χ0n) is 11.4. The maximum absolute atomic E-state index is 11.2. The van der Waals surface area contributed by atoms with E-state index in [1.165, 1.54) is 0 Å². The number of Topliss-reactive ketones (excluding diaryl/α,β-unsaturated/α-hetero) is 1. The lowest BCUT2D eigenvalue weighted by Gasteiger charge is -2.22. The number of carbonyl (C=O) groups is 1. The second-order valence-electron chi connectivity index (χ2n) is 3.94. The van der Waals surface area contributed by atoms with Crippen LogP contribution in [-0.4, -0.2) is 39.9 Å². The smallest absolute Gasteiger partial charge is 0.149 e. The summed E-state index contributed by atoms with van der Waals surface area (Å²) in [7, 11) is 5.12. The van der Waals surface area contributed by atoms with E-state index in [1.54, 1.807) is 32.9 Å². The van der Waals surface area contributed by atoms with Gasteiger partial charge in [-0.25, -0.2) is 0 Å². The van der Waals surface area contributed by atoms with Crippen molar-refractivity contribution >= 4 is 23.2 Å². The molecule has 0 heterocycles. The van der Waals surface area contributed by atoms with Crippen LogP contribution in [0.4, 0.5) is 5.69 Å². The van der Waals surface area contributed by atoms with E-state index in [4.69, 9.17) is 9.47 Å². The summed E-state index contributed by atoms with van der Waals surface area (Å²) in [5.41, 5.74) is 0.849. The number of hydrogen-bond donors (Lipinski definition) is 0. The zero-order chi connectivity index (χ0) is 13.7. The van der Waals surface area contributed by atoms with Crippen LogP contribution < -0.4 is 14.4 Å². The molecule has 100 valence electrons. The lowest BCUT2D eigenvalue weighted by atomic mass is 10.2. The normalized spacial score (nSPS) is 10.1. The van der Waals surface area contributed by atoms with E-state index < -0.39 is 0 Å². The maximum atomic E-state index is 11.2. The molecule has 1 aromatic carbocycles. The summed E-state index contributed by atoms with van der Waals surface area (Å²) in [6.07, 6.45) is 1.98. The monoisotopic (exact) mass is 269 g/mol. The highest BCUT2D eigenvalue weighted by atomic mass is 32.2. The molecule has 1 aromatic rings. The van der Waals surface area contributed by atoms with E-state index in [1.807, 2.05) is 30.3 Å². The van der Waals surface area contributed by atoms with Crippen molar-refractivity contribution in [2.45, 2.75) is 11.8 Å². The highest BCUT2D eigenvalue weighted by Crippen LogP contribution is 2.38. The van der Waals surface area contributed by atoms with Crippen LogP contribution in [0.15, 0.2) is 17.0 Å². The highest BCUT2D eigenvalue weighted by molar-refractivity contribution is 7.98. The van der Waals surface area contributed by atoms with Gasteiger partial charge in [-0.1, -0.05) is 0 Å². The van der Waals surface area contributed by atoms with Gasteiger partial charge in [-0.2, -0.15) is 0 Å². The Morgan fingerprint density at radius 2 is 1.89 bits per heavy atom. The molecule has 0 aliphatic carbocycles. The first-order valence-corrected chi connectivity index (χ1v) is 6.76. The van der Waals surface area contributed by atoms with Crippen LogP contribution in [0, 0.1) is 0 Å². The molecule has 0 saturated heterocycles. The minimum atomic E-state index is 0.104. The van der Waals surface area contributed by atoms with Crippen molar-refractivity contribution in [3.05, 3.63) is 12.1 Å². The number of nitrogens with zero attached hydrogens (tertiary/aromatic N) is 1. The Hall–Kier alpha value is -1.36. The Kier molecular flexibility index (Phi) is 5.34. The fourth-order valence-corrected chi connectivity index (χ4v) is 2.30. The van der Waals surface area contributed by atoms with Crippen molar-refractivity contribution in [3.8, 4) is 11.5 Å². The topological polar surface area (TPSA) is 38.8 Å². The summed E-state index contributed by atoms with van der Waals surface area (Å²) in [6.45, 7) is 1.91. The second-order valence-corrected chi connectivity index (χ2v) is 4.79. The number of anilines is 1. The van der Waals surface area contributed by atoms with Gasteiger partial charge in [0.15, 0.2) is 0 Å². The van der Waals surface area contributed by atoms with Gasteiger partial charge in [-0.15, -0.1) is 11.8 Å². The Balaban J connectivity index is 3.20. The summed E-state index contributed by atoms with van der Waals surface area (Å²) >= 11 is 1.59. The van der Waals surface area contributed by atoms with Crippen molar-refractivity contribution < 1.29 is 14.3 Å². The molecule has 0 saturated carbocycles. The molecular formula is C13H19NO3S. The Morgan fingerprint density at radius 3 is 2.33 bits per heavy atom. The van der Waals surface area contributed by atoms with Crippen molar-refractivity contribution in [2.75, 3.05) is 39.0 Å².